The first kappa shape index (κ1) is 13.4. The van der Waals surface area contributed by atoms with Gasteiger partial charge in [0.05, 0.1) is 6.26 Å². The Morgan fingerprint density at radius 2 is 2.21 bits per heavy atom. The molecule has 0 saturated carbocycles. The van der Waals surface area contributed by atoms with Crippen LogP contribution in [0.2, 0.25) is 0 Å². The second kappa shape index (κ2) is 6.22. The van der Waals surface area contributed by atoms with Crippen LogP contribution in [0.15, 0.2) is 35.5 Å². The average Bonchev–Trinajstić information content (AvgIpc) is 2.98. The molecule has 1 aliphatic heterocycles. The van der Waals surface area contributed by atoms with E-state index in [0.717, 1.165) is 0 Å². The fourth-order valence-corrected chi connectivity index (χ4v) is 2.22. The molecular weight excluding hydrogens is 244 g/mol. The summed E-state index contributed by atoms with van der Waals surface area (Å²) in [5, 5.41) is 2.79. The van der Waals surface area contributed by atoms with E-state index in [1.807, 2.05) is 0 Å². The number of carbonyl (C=O) groups is 2. The molecule has 0 spiro atoms. The molecule has 5 heteroatoms. The van der Waals surface area contributed by atoms with E-state index in [-0.39, 0.29) is 17.7 Å². The van der Waals surface area contributed by atoms with Gasteiger partial charge in [0.2, 0.25) is 5.91 Å². The topological polar surface area (TPSA) is 62.6 Å². The summed E-state index contributed by atoms with van der Waals surface area (Å²) in [4.78, 5) is 25.5. The largest absolute Gasteiger partial charge is 0.459 e. The first-order valence-corrected chi connectivity index (χ1v) is 6.43. The molecule has 1 N–H and O–H groups in total. The highest BCUT2D eigenvalue weighted by Gasteiger charge is 2.28. The van der Waals surface area contributed by atoms with E-state index in [1.165, 1.54) is 6.26 Å². The summed E-state index contributed by atoms with van der Waals surface area (Å²) in [6, 6.07) is 3.36. The number of rotatable bonds is 4. The van der Waals surface area contributed by atoms with Crippen molar-refractivity contribution in [3.8, 4) is 0 Å². The number of hydrogen-bond acceptors (Lipinski definition) is 3. The van der Waals surface area contributed by atoms with Crippen LogP contribution in [0.5, 0.6) is 0 Å². The highest BCUT2D eigenvalue weighted by Crippen LogP contribution is 2.19. The number of hydrogen-bond donors (Lipinski definition) is 1. The third-order valence-corrected chi connectivity index (χ3v) is 3.31. The minimum atomic E-state index is -0.102. The van der Waals surface area contributed by atoms with E-state index in [1.54, 1.807) is 23.1 Å². The quantitative estimate of drug-likeness (QED) is 0.835. The van der Waals surface area contributed by atoms with E-state index in [0.29, 0.717) is 38.2 Å². The van der Waals surface area contributed by atoms with Gasteiger partial charge >= 0.3 is 0 Å². The van der Waals surface area contributed by atoms with Crippen LogP contribution in [-0.2, 0) is 4.79 Å². The normalized spacial score (nSPS) is 16.1. The molecule has 2 amide bonds. The molecule has 1 aliphatic rings. The zero-order valence-electron chi connectivity index (χ0n) is 10.8. The Hall–Kier alpha value is -2.04. The summed E-state index contributed by atoms with van der Waals surface area (Å²) in [6.45, 7) is 5.23. The molecule has 2 heterocycles. The van der Waals surface area contributed by atoms with Crippen molar-refractivity contribution in [2.75, 3.05) is 19.6 Å². The van der Waals surface area contributed by atoms with Crippen LogP contribution >= 0.6 is 0 Å². The second-order valence-corrected chi connectivity index (χ2v) is 4.58. The maximum Gasteiger partial charge on any atom is 0.289 e. The Labute approximate surface area is 112 Å². The van der Waals surface area contributed by atoms with E-state index >= 15 is 0 Å². The number of furan rings is 1. The monoisotopic (exact) mass is 262 g/mol. The molecule has 1 saturated heterocycles. The van der Waals surface area contributed by atoms with Crippen molar-refractivity contribution >= 4 is 11.8 Å². The highest BCUT2D eigenvalue weighted by molar-refractivity contribution is 5.91. The van der Waals surface area contributed by atoms with Gasteiger partial charge in [0.25, 0.3) is 5.91 Å². The van der Waals surface area contributed by atoms with Gasteiger partial charge in [0.15, 0.2) is 5.76 Å². The third kappa shape index (κ3) is 3.24. The molecule has 0 unspecified atom stereocenters. The van der Waals surface area contributed by atoms with E-state index in [4.69, 9.17) is 4.42 Å². The first-order chi connectivity index (χ1) is 9.22. The minimum absolute atomic E-state index is 0.0133. The summed E-state index contributed by atoms with van der Waals surface area (Å²) in [5.41, 5.74) is 0. The van der Waals surface area contributed by atoms with Crippen molar-refractivity contribution in [2.45, 2.75) is 12.8 Å². The molecule has 19 heavy (non-hydrogen) atoms. The van der Waals surface area contributed by atoms with Crippen LogP contribution in [0.3, 0.4) is 0 Å². The Balaban J connectivity index is 1.84. The van der Waals surface area contributed by atoms with E-state index in [2.05, 4.69) is 11.9 Å². The highest BCUT2D eigenvalue weighted by atomic mass is 16.3. The lowest BCUT2D eigenvalue weighted by Crippen LogP contribution is -2.43. The molecule has 1 fully saturated rings. The van der Waals surface area contributed by atoms with Gasteiger partial charge in [-0.2, -0.15) is 0 Å². The minimum Gasteiger partial charge on any atom is -0.459 e. The van der Waals surface area contributed by atoms with Gasteiger partial charge in [-0.15, -0.1) is 6.58 Å². The van der Waals surface area contributed by atoms with Crippen LogP contribution in [0, 0.1) is 5.92 Å². The fraction of sp³-hybridized carbons (Fsp3) is 0.429. The standard InChI is InChI=1S/C14H18N2O3/c1-2-7-15-13(17)11-5-8-16(9-6-11)14(18)12-4-3-10-19-12/h2-4,10-11H,1,5-9H2,(H,15,17). The zero-order valence-corrected chi connectivity index (χ0v) is 10.8. The van der Waals surface area contributed by atoms with Crippen molar-refractivity contribution in [2.24, 2.45) is 5.92 Å². The SMILES string of the molecule is C=CCNC(=O)C1CCN(C(=O)c2ccco2)CC1. The van der Waals surface area contributed by atoms with Gasteiger partial charge in [-0.25, -0.2) is 0 Å². The van der Waals surface area contributed by atoms with Crippen LogP contribution in [0.1, 0.15) is 23.4 Å². The molecule has 1 aromatic heterocycles. The summed E-state index contributed by atoms with van der Waals surface area (Å²) < 4.78 is 5.09. The predicted octanol–water partition coefficient (Wildman–Crippen LogP) is 1.43. The van der Waals surface area contributed by atoms with Crippen molar-refractivity contribution in [3.63, 3.8) is 0 Å². The summed E-state index contributed by atoms with van der Waals surface area (Å²) >= 11 is 0. The third-order valence-electron chi connectivity index (χ3n) is 3.31. The molecule has 0 atom stereocenters. The molecule has 1 aromatic rings. The maximum absolute atomic E-state index is 12.0. The van der Waals surface area contributed by atoms with Gasteiger partial charge in [-0.3, -0.25) is 9.59 Å². The number of piperidine rings is 1. The maximum atomic E-state index is 12.0. The number of nitrogens with zero attached hydrogens (tertiary/aromatic N) is 1. The summed E-state index contributed by atoms with van der Waals surface area (Å²) in [6.07, 6.45) is 4.53. The Morgan fingerprint density at radius 1 is 1.47 bits per heavy atom. The molecule has 0 aliphatic carbocycles. The summed E-state index contributed by atoms with van der Waals surface area (Å²) in [7, 11) is 0. The van der Waals surface area contributed by atoms with Crippen molar-refractivity contribution in [1.29, 1.82) is 0 Å². The Kier molecular flexibility index (Phi) is 4.39. The van der Waals surface area contributed by atoms with Gasteiger partial charge < -0.3 is 14.6 Å². The average molecular weight is 262 g/mol. The van der Waals surface area contributed by atoms with Crippen molar-refractivity contribution in [1.82, 2.24) is 10.2 Å². The molecule has 2 rings (SSSR count). The van der Waals surface area contributed by atoms with Gasteiger partial charge in [-0.1, -0.05) is 6.08 Å². The van der Waals surface area contributed by atoms with Gasteiger partial charge in [0, 0.05) is 25.6 Å². The lowest BCUT2D eigenvalue weighted by Gasteiger charge is -2.30. The summed E-state index contributed by atoms with van der Waals surface area (Å²) in [5.74, 6) is 0.287. The van der Waals surface area contributed by atoms with Crippen LogP contribution in [0.4, 0.5) is 0 Å². The van der Waals surface area contributed by atoms with Crippen LogP contribution in [-0.4, -0.2) is 36.3 Å². The van der Waals surface area contributed by atoms with Crippen molar-refractivity contribution in [3.05, 3.63) is 36.8 Å². The molecule has 0 radical (unpaired) electrons. The molecule has 5 nitrogen and oxygen atoms in total. The molecule has 102 valence electrons. The first-order valence-electron chi connectivity index (χ1n) is 6.43. The smallest absolute Gasteiger partial charge is 0.289 e. The zero-order chi connectivity index (χ0) is 13.7. The van der Waals surface area contributed by atoms with E-state index < -0.39 is 0 Å². The Bertz CT molecular complexity index is 445. The number of likely N-dealkylation sites (tertiary alicyclic amines) is 1. The van der Waals surface area contributed by atoms with Gasteiger partial charge in [0.1, 0.15) is 0 Å². The number of amides is 2. The second-order valence-electron chi connectivity index (χ2n) is 4.58. The molecule has 0 bridgehead atoms. The van der Waals surface area contributed by atoms with Crippen LogP contribution < -0.4 is 5.32 Å². The lowest BCUT2D eigenvalue weighted by atomic mass is 9.96. The lowest BCUT2D eigenvalue weighted by molar-refractivity contribution is -0.126. The predicted molar refractivity (Wildman–Crippen MR) is 70.5 cm³/mol. The molecular formula is C14H18N2O3. The number of nitrogens with one attached hydrogen (secondary N) is 1. The number of carbonyl (C=O) groups excluding carboxylic acids is 2. The van der Waals surface area contributed by atoms with Crippen molar-refractivity contribution < 1.29 is 14.0 Å². The van der Waals surface area contributed by atoms with E-state index in [9.17, 15) is 9.59 Å². The molecule has 0 aromatic carbocycles. The van der Waals surface area contributed by atoms with Crippen LogP contribution in [0.25, 0.3) is 0 Å². The Morgan fingerprint density at radius 3 is 2.79 bits per heavy atom. The van der Waals surface area contributed by atoms with Gasteiger partial charge in [-0.05, 0) is 25.0 Å². The fourth-order valence-electron chi connectivity index (χ4n) is 2.22.